The minimum Gasteiger partial charge on any atom is -0.377 e. The summed E-state index contributed by atoms with van der Waals surface area (Å²) in [5.74, 6) is 1.35. The van der Waals surface area contributed by atoms with E-state index in [9.17, 15) is 4.79 Å². The Morgan fingerprint density at radius 3 is 2.76 bits per heavy atom. The van der Waals surface area contributed by atoms with Crippen LogP contribution >= 0.6 is 11.3 Å². The Morgan fingerprint density at radius 1 is 1.24 bits per heavy atom. The van der Waals surface area contributed by atoms with E-state index < -0.39 is 0 Å². The minimum atomic E-state index is -0.0106. The number of rotatable bonds is 7. The minimum absolute atomic E-state index is 0.0106. The molecule has 1 amide bonds. The highest BCUT2D eigenvalue weighted by Crippen LogP contribution is 2.36. The molecule has 130 valence electrons. The van der Waals surface area contributed by atoms with Gasteiger partial charge in [-0.3, -0.25) is 4.79 Å². The maximum atomic E-state index is 11.5. The number of hydrogen-bond acceptors (Lipinski definition) is 6. The molecule has 0 atom stereocenters. The summed E-state index contributed by atoms with van der Waals surface area (Å²) < 4.78 is 5.17. The van der Waals surface area contributed by atoms with Gasteiger partial charge in [0, 0.05) is 38.1 Å². The molecule has 0 spiro atoms. The number of ether oxygens (including phenoxy) is 1. The average molecular weight is 356 g/mol. The number of nitrogens with zero attached hydrogens (tertiary/aromatic N) is 2. The molecular weight excluding hydrogens is 336 g/mol. The molecule has 0 aliphatic heterocycles. The maximum Gasteiger partial charge on any atom is 0.221 e. The summed E-state index contributed by atoms with van der Waals surface area (Å²) in [5, 5.41) is 8.98. The lowest BCUT2D eigenvalue weighted by Gasteiger charge is -2.10. The first-order chi connectivity index (χ1) is 12.2. The molecule has 0 fully saturated rings. The fraction of sp³-hybridized carbons (Fsp3) is 0.278. The van der Waals surface area contributed by atoms with Gasteiger partial charge in [0.15, 0.2) is 5.82 Å². The Kier molecular flexibility index (Phi) is 5.57. The van der Waals surface area contributed by atoms with Crippen molar-refractivity contribution in [3.63, 3.8) is 0 Å². The van der Waals surface area contributed by atoms with Crippen LogP contribution in [0.4, 0.5) is 5.82 Å². The summed E-state index contributed by atoms with van der Waals surface area (Å²) in [6.07, 6.45) is 0.381. The van der Waals surface area contributed by atoms with Crippen LogP contribution in [-0.2, 0) is 16.1 Å². The van der Waals surface area contributed by atoms with Crippen molar-refractivity contribution in [1.29, 1.82) is 0 Å². The zero-order chi connectivity index (χ0) is 17.6. The number of benzene rings is 1. The number of anilines is 1. The quantitative estimate of drug-likeness (QED) is 0.680. The van der Waals surface area contributed by atoms with Crippen LogP contribution < -0.4 is 10.6 Å². The number of hydrogen-bond donors (Lipinski definition) is 2. The highest BCUT2D eigenvalue weighted by atomic mass is 32.1. The molecule has 0 aliphatic rings. The summed E-state index contributed by atoms with van der Waals surface area (Å²) in [7, 11) is 3.25. The highest BCUT2D eigenvalue weighted by molar-refractivity contribution is 7.17. The second kappa shape index (κ2) is 8.04. The summed E-state index contributed by atoms with van der Waals surface area (Å²) in [5.41, 5.74) is 2.21. The Balaban J connectivity index is 2.01. The Labute approximate surface area is 150 Å². The van der Waals surface area contributed by atoms with E-state index in [4.69, 9.17) is 4.74 Å². The van der Waals surface area contributed by atoms with Crippen molar-refractivity contribution in [3.05, 3.63) is 41.5 Å². The molecule has 3 rings (SSSR count). The summed E-state index contributed by atoms with van der Waals surface area (Å²) in [6.45, 7) is 0.848. The van der Waals surface area contributed by atoms with Gasteiger partial charge in [-0.15, -0.1) is 11.3 Å². The fourth-order valence-electron chi connectivity index (χ4n) is 2.56. The lowest BCUT2D eigenvalue weighted by Crippen LogP contribution is -2.21. The molecule has 0 saturated carbocycles. The molecule has 2 N–H and O–H groups in total. The van der Waals surface area contributed by atoms with Gasteiger partial charge in [-0.05, 0) is 5.56 Å². The van der Waals surface area contributed by atoms with Crippen molar-refractivity contribution in [3.8, 4) is 11.1 Å². The predicted octanol–water partition coefficient (Wildman–Crippen LogP) is 3.05. The highest BCUT2D eigenvalue weighted by Gasteiger charge is 2.15. The topological polar surface area (TPSA) is 76.1 Å². The first-order valence-corrected chi connectivity index (χ1v) is 8.87. The van der Waals surface area contributed by atoms with Crippen LogP contribution in [0.2, 0.25) is 0 Å². The second-order valence-corrected chi connectivity index (χ2v) is 6.33. The van der Waals surface area contributed by atoms with Gasteiger partial charge in [0.05, 0.1) is 5.39 Å². The van der Waals surface area contributed by atoms with Crippen molar-refractivity contribution in [1.82, 2.24) is 15.3 Å². The van der Waals surface area contributed by atoms with E-state index >= 15 is 0 Å². The van der Waals surface area contributed by atoms with Gasteiger partial charge >= 0.3 is 0 Å². The van der Waals surface area contributed by atoms with E-state index in [2.05, 4.69) is 38.1 Å². The van der Waals surface area contributed by atoms with Crippen LogP contribution in [0.3, 0.4) is 0 Å². The van der Waals surface area contributed by atoms with Crippen molar-refractivity contribution in [2.75, 3.05) is 26.0 Å². The first kappa shape index (κ1) is 17.3. The normalized spacial score (nSPS) is 10.8. The molecule has 1 aromatic carbocycles. The zero-order valence-electron chi connectivity index (χ0n) is 14.2. The molecular formula is C18H20N4O2S. The van der Waals surface area contributed by atoms with Crippen LogP contribution in [0.5, 0.6) is 0 Å². The lowest BCUT2D eigenvalue weighted by atomic mass is 10.1. The van der Waals surface area contributed by atoms with Crippen LogP contribution in [-0.4, -0.2) is 36.6 Å². The van der Waals surface area contributed by atoms with Crippen molar-refractivity contribution >= 4 is 33.3 Å². The number of carbonyl (C=O) groups is 1. The maximum absolute atomic E-state index is 11.5. The van der Waals surface area contributed by atoms with Gasteiger partial charge in [-0.1, -0.05) is 30.3 Å². The molecule has 25 heavy (non-hydrogen) atoms. The van der Waals surface area contributed by atoms with Gasteiger partial charge in [0.1, 0.15) is 17.3 Å². The largest absolute Gasteiger partial charge is 0.377 e. The van der Waals surface area contributed by atoms with Gasteiger partial charge in [-0.25, -0.2) is 9.97 Å². The van der Waals surface area contributed by atoms with Crippen LogP contribution in [0.15, 0.2) is 35.7 Å². The van der Waals surface area contributed by atoms with E-state index in [0.717, 1.165) is 27.2 Å². The van der Waals surface area contributed by atoms with Crippen LogP contribution in [0, 0.1) is 0 Å². The Bertz CT molecular complexity index is 864. The molecule has 6 nitrogen and oxygen atoms in total. The molecule has 7 heteroatoms. The van der Waals surface area contributed by atoms with Crippen molar-refractivity contribution in [2.24, 2.45) is 0 Å². The number of nitrogens with one attached hydrogen (secondary N) is 2. The number of fused-ring (bicyclic) bond motifs is 1. The summed E-state index contributed by atoms with van der Waals surface area (Å²) >= 11 is 1.58. The molecule has 3 aromatic rings. The van der Waals surface area contributed by atoms with Crippen molar-refractivity contribution < 1.29 is 9.53 Å². The number of amides is 1. The third-order valence-electron chi connectivity index (χ3n) is 3.76. The molecule has 0 radical (unpaired) electrons. The molecule has 0 saturated heterocycles. The SMILES string of the molecule is CNC(=O)CCNc1nc(COC)nc2scc(-c3ccccc3)c12. The van der Waals surface area contributed by atoms with E-state index in [1.807, 2.05) is 18.2 Å². The summed E-state index contributed by atoms with van der Waals surface area (Å²) in [6, 6.07) is 10.2. The summed E-state index contributed by atoms with van der Waals surface area (Å²) in [4.78, 5) is 21.6. The molecule has 0 aliphatic carbocycles. The smallest absolute Gasteiger partial charge is 0.221 e. The lowest BCUT2D eigenvalue weighted by molar-refractivity contribution is -0.120. The van der Waals surface area contributed by atoms with Gasteiger partial charge < -0.3 is 15.4 Å². The van der Waals surface area contributed by atoms with Gasteiger partial charge in [-0.2, -0.15) is 0 Å². The van der Waals surface area contributed by atoms with Gasteiger partial charge in [0.25, 0.3) is 0 Å². The predicted molar refractivity (Wildman–Crippen MR) is 101 cm³/mol. The fourth-order valence-corrected chi connectivity index (χ4v) is 3.52. The standard InChI is InChI=1S/C18H20N4O2S/c1-19-15(23)8-9-20-17-16-13(12-6-4-3-5-7-12)11-25-18(16)22-14(21-17)10-24-2/h3-7,11H,8-10H2,1-2H3,(H,19,23)(H,20,21,22). The monoisotopic (exact) mass is 356 g/mol. The Hall–Kier alpha value is -2.51. The average Bonchev–Trinajstić information content (AvgIpc) is 3.06. The van der Waals surface area contributed by atoms with E-state index in [1.165, 1.54) is 0 Å². The molecule has 2 heterocycles. The molecule has 0 unspecified atom stereocenters. The van der Waals surface area contributed by atoms with Crippen LogP contribution in [0.25, 0.3) is 21.3 Å². The Morgan fingerprint density at radius 2 is 2.04 bits per heavy atom. The number of thiophene rings is 1. The third-order valence-corrected chi connectivity index (χ3v) is 4.63. The zero-order valence-corrected chi connectivity index (χ0v) is 15.0. The number of carbonyl (C=O) groups excluding carboxylic acids is 1. The second-order valence-electron chi connectivity index (χ2n) is 5.47. The molecule has 2 aromatic heterocycles. The van der Waals surface area contributed by atoms with Crippen LogP contribution in [0.1, 0.15) is 12.2 Å². The third kappa shape index (κ3) is 3.94. The first-order valence-electron chi connectivity index (χ1n) is 8.00. The van der Waals surface area contributed by atoms with Gasteiger partial charge in [0.2, 0.25) is 5.91 Å². The van der Waals surface area contributed by atoms with E-state index in [0.29, 0.717) is 25.4 Å². The van der Waals surface area contributed by atoms with E-state index in [1.54, 1.807) is 25.5 Å². The van der Waals surface area contributed by atoms with E-state index in [-0.39, 0.29) is 5.91 Å². The number of methoxy groups -OCH3 is 1. The molecule has 0 bridgehead atoms. The number of aromatic nitrogens is 2. The van der Waals surface area contributed by atoms with Crippen molar-refractivity contribution in [2.45, 2.75) is 13.0 Å².